The van der Waals surface area contributed by atoms with Crippen molar-refractivity contribution in [2.45, 2.75) is 51.4 Å². The number of hydrogen-bond donors (Lipinski definition) is 1. The zero-order chi connectivity index (χ0) is 23.1. The van der Waals surface area contributed by atoms with Crippen molar-refractivity contribution in [2.75, 3.05) is 17.7 Å². The van der Waals surface area contributed by atoms with E-state index in [0.29, 0.717) is 40.7 Å². The van der Waals surface area contributed by atoms with Gasteiger partial charge < -0.3 is 10.1 Å². The van der Waals surface area contributed by atoms with Crippen LogP contribution < -0.4 is 10.9 Å². The second kappa shape index (κ2) is 11.5. The fourth-order valence-corrected chi connectivity index (χ4v) is 4.28. The van der Waals surface area contributed by atoms with Crippen LogP contribution in [0.2, 0.25) is 5.02 Å². The first kappa shape index (κ1) is 24.3. The SMILES string of the molecule is CCc1ccccc1NC(=O)CSc1nc2cc(Cl)ccc2c(=O)n1CCCOC(C)C. The van der Waals surface area contributed by atoms with Gasteiger partial charge in [-0.15, -0.1) is 0 Å². The quantitative estimate of drug-likeness (QED) is 0.250. The van der Waals surface area contributed by atoms with Gasteiger partial charge in [0.2, 0.25) is 5.91 Å². The third-order valence-corrected chi connectivity index (χ3v) is 6.08. The van der Waals surface area contributed by atoms with E-state index in [4.69, 9.17) is 16.3 Å². The second-order valence-corrected chi connectivity index (χ2v) is 9.01. The standard InChI is InChI=1S/C24H28ClN3O3S/c1-4-17-8-5-6-9-20(17)26-22(29)15-32-24-27-21-14-18(25)10-11-19(21)23(30)28(24)12-7-13-31-16(2)3/h5-6,8-11,14,16H,4,7,12-13,15H2,1-3H3,(H,26,29). The van der Waals surface area contributed by atoms with Gasteiger partial charge in [0.05, 0.1) is 22.8 Å². The number of benzene rings is 2. The third-order valence-electron chi connectivity index (χ3n) is 4.86. The van der Waals surface area contributed by atoms with E-state index in [1.165, 1.54) is 11.8 Å². The van der Waals surface area contributed by atoms with Gasteiger partial charge in [-0.2, -0.15) is 0 Å². The van der Waals surface area contributed by atoms with Gasteiger partial charge in [-0.25, -0.2) is 4.98 Å². The minimum atomic E-state index is -0.147. The van der Waals surface area contributed by atoms with Crippen molar-refractivity contribution in [3.63, 3.8) is 0 Å². The van der Waals surface area contributed by atoms with Crippen molar-refractivity contribution in [2.24, 2.45) is 0 Å². The summed E-state index contributed by atoms with van der Waals surface area (Å²) in [5.41, 5.74) is 2.26. The van der Waals surface area contributed by atoms with Crippen LogP contribution in [0.5, 0.6) is 0 Å². The van der Waals surface area contributed by atoms with E-state index in [0.717, 1.165) is 17.7 Å². The largest absolute Gasteiger partial charge is 0.379 e. The average molecular weight is 474 g/mol. The van der Waals surface area contributed by atoms with Crippen molar-refractivity contribution in [1.82, 2.24) is 9.55 Å². The number of anilines is 1. The molecule has 0 saturated heterocycles. The number of para-hydroxylation sites is 1. The van der Waals surface area contributed by atoms with Crippen molar-refractivity contribution in [3.05, 3.63) is 63.4 Å². The van der Waals surface area contributed by atoms with Crippen LogP contribution in [0.3, 0.4) is 0 Å². The van der Waals surface area contributed by atoms with Crippen LogP contribution in [-0.4, -0.2) is 33.9 Å². The Labute approximate surface area is 197 Å². The topological polar surface area (TPSA) is 73.2 Å². The molecule has 1 aromatic heterocycles. The van der Waals surface area contributed by atoms with Gasteiger partial charge in [-0.1, -0.05) is 48.5 Å². The molecule has 0 aliphatic heterocycles. The van der Waals surface area contributed by atoms with Crippen LogP contribution in [0.4, 0.5) is 5.69 Å². The first-order valence-electron chi connectivity index (χ1n) is 10.7. The first-order chi connectivity index (χ1) is 15.4. The minimum Gasteiger partial charge on any atom is -0.379 e. The average Bonchev–Trinajstić information content (AvgIpc) is 2.76. The predicted molar refractivity (Wildman–Crippen MR) is 132 cm³/mol. The van der Waals surface area contributed by atoms with Crippen LogP contribution in [0.1, 0.15) is 32.8 Å². The number of carbonyl (C=O) groups excluding carboxylic acids is 1. The molecule has 3 rings (SSSR count). The molecule has 0 aliphatic rings. The van der Waals surface area contributed by atoms with Crippen LogP contribution in [-0.2, 0) is 22.5 Å². The number of amides is 1. The van der Waals surface area contributed by atoms with E-state index in [1.54, 1.807) is 22.8 Å². The molecule has 1 amide bonds. The van der Waals surface area contributed by atoms with Gasteiger partial charge >= 0.3 is 0 Å². The summed E-state index contributed by atoms with van der Waals surface area (Å²) in [6.07, 6.45) is 1.63. The summed E-state index contributed by atoms with van der Waals surface area (Å²) in [6.45, 7) is 7.00. The predicted octanol–water partition coefficient (Wildman–Crippen LogP) is 5.16. The molecule has 0 fully saturated rings. The number of aromatic nitrogens is 2. The highest BCUT2D eigenvalue weighted by atomic mass is 35.5. The summed E-state index contributed by atoms with van der Waals surface area (Å²) < 4.78 is 7.23. The van der Waals surface area contributed by atoms with Crippen LogP contribution in [0.15, 0.2) is 52.4 Å². The lowest BCUT2D eigenvalue weighted by Crippen LogP contribution is -2.25. The minimum absolute atomic E-state index is 0.132. The Balaban J connectivity index is 1.80. The van der Waals surface area contributed by atoms with Gasteiger partial charge in [0.1, 0.15) is 0 Å². The summed E-state index contributed by atoms with van der Waals surface area (Å²) in [6, 6.07) is 12.8. The number of aryl methyl sites for hydroxylation is 1. The highest BCUT2D eigenvalue weighted by Crippen LogP contribution is 2.22. The molecule has 32 heavy (non-hydrogen) atoms. The molecular formula is C24H28ClN3O3S. The highest BCUT2D eigenvalue weighted by Gasteiger charge is 2.14. The summed E-state index contributed by atoms with van der Waals surface area (Å²) in [4.78, 5) is 30.4. The Hall–Kier alpha value is -2.35. The van der Waals surface area contributed by atoms with Gasteiger partial charge in [0.15, 0.2) is 5.16 Å². The number of fused-ring (bicyclic) bond motifs is 1. The molecule has 0 aliphatic carbocycles. The number of hydrogen-bond acceptors (Lipinski definition) is 5. The number of ether oxygens (including phenoxy) is 1. The van der Waals surface area contributed by atoms with Crippen molar-refractivity contribution < 1.29 is 9.53 Å². The van der Waals surface area contributed by atoms with E-state index in [9.17, 15) is 9.59 Å². The number of nitrogens with zero attached hydrogens (tertiary/aromatic N) is 2. The molecule has 0 unspecified atom stereocenters. The van der Waals surface area contributed by atoms with Crippen molar-refractivity contribution in [1.29, 1.82) is 0 Å². The zero-order valence-corrected chi connectivity index (χ0v) is 20.1. The smallest absolute Gasteiger partial charge is 0.262 e. The molecule has 1 N–H and O–H groups in total. The number of halogens is 1. The molecule has 3 aromatic rings. The highest BCUT2D eigenvalue weighted by molar-refractivity contribution is 7.99. The number of thioether (sulfide) groups is 1. The van der Waals surface area contributed by atoms with Crippen LogP contribution in [0, 0.1) is 0 Å². The van der Waals surface area contributed by atoms with Crippen molar-refractivity contribution in [3.8, 4) is 0 Å². The Morgan fingerprint density at radius 1 is 1.25 bits per heavy atom. The molecule has 8 heteroatoms. The Kier molecular flexibility index (Phi) is 8.73. The first-order valence-corrected chi connectivity index (χ1v) is 12.1. The summed E-state index contributed by atoms with van der Waals surface area (Å²) >= 11 is 7.35. The van der Waals surface area contributed by atoms with Gasteiger partial charge in [0, 0.05) is 23.9 Å². The molecule has 6 nitrogen and oxygen atoms in total. The maximum atomic E-state index is 13.1. The molecule has 0 spiro atoms. The Bertz CT molecular complexity index is 1150. The number of rotatable bonds is 10. The van der Waals surface area contributed by atoms with E-state index in [1.807, 2.05) is 45.0 Å². The van der Waals surface area contributed by atoms with Gasteiger partial charge in [-0.05, 0) is 56.5 Å². The van der Waals surface area contributed by atoms with E-state index >= 15 is 0 Å². The Morgan fingerprint density at radius 3 is 2.78 bits per heavy atom. The molecule has 0 radical (unpaired) electrons. The fourth-order valence-electron chi connectivity index (χ4n) is 3.29. The monoisotopic (exact) mass is 473 g/mol. The summed E-state index contributed by atoms with van der Waals surface area (Å²) in [7, 11) is 0. The maximum Gasteiger partial charge on any atom is 0.262 e. The maximum absolute atomic E-state index is 13.1. The molecule has 0 atom stereocenters. The van der Waals surface area contributed by atoms with Crippen LogP contribution in [0.25, 0.3) is 10.9 Å². The molecule has 1 heterocycles. The molecule has 0 bridgehead atoms. The van der Waals surface area contributed by atoms with E-state index in [2.05, 4.69) is 10.3 Å². The van der Waals surface area contributed by atoms with Gasteiger partial charge in [0.25, 0.3) is 5.56 Å². The van der Waals surface area contributed by atoms with Gasteiger partial charge in [-0.3, -0.25) is 14.2 Å². The zero-order valence-electron chi connectivity index (χ0n) is 18.6. The van der Waals surface area contributed by atoms with E-state index in [-0.39, 0.29) is 23.3 Å². The summed E-state index contributed by atoms with van der Waals surface area (Å²) in [5.74, 6) is -0.00924. The normalized spacial score (nSPS) is 11.3. The number of nitrogens with one attached hydrogen (secondary N) is 1. The molecular weight excluding hydrogens is 446 g/mol. The van der Waals surface area contributed by atoms with Crippen LogP contribution >= 0.6 is 23.4 Å². The fraction of sp³-hybridized carbons (Fsp3) is 0.375. The lowest BCUT2D eigenvalue weighted by atomic mass is 10.1. The van der Waals surface area contributed by atoms with Crippen molar-refractivity contribution >= 4 is 45.9 Å². The van der Waals surface area contributed by atoms with E-state index < -0.39 is 0 Å². The lowest BCUT2D eigenvalue weighted by molar-refractivity contribution is -0.113. The lowest BCUT2D eigenvalue weighted by Gasteiger charge is -2.14. The molecule has 2 aromatic carbocycles. The molecule has 170 valence electrons. The third kappa shape index (κ3) is 6.34. The molecule has 0 saturated carbocycles. The number of carbonyl (C=O) groups is 1. The second-order valence-electron chi connectivity index (χ2n) is 7.63. The Morgan fingerprint density at radius 2 is 2.03 bits per heavy atom. The summed E-state index contributed by atoms with van der Waals surface area (Å²) in [5, 5.41) is 4.47.